The highest BCUT2D eigenvalue weighted by Crippen LogP contribution is 2.24. The summed E-state index contributed by atoms with van der Waals surface area (Å²) in [6, 6.07) is 5.83. The Morgan fingerprint density at radius 3 is 2.74 bits per heavy atom. The van der Waals surface area contributed by atoms with E-state index in [1.807, 2.05) is 25.1 Å². The largest absolute Gasteiger partial charge is 0.399 e. The molecule has 0 saturated carbocycles. The van der Waals surface area contributed by atoms with Crippen LogP contribution in [0.1, 0.15) is 45.4 Å². The predicted molar refractivity (Wildman–Crippen MR) is 79.1 cm³/mol. The van der Waals surface area contributed by atoms with Gasteiger partial charge in [0, 0.05) is 18.2 Å². The molecule has 0 bridgehead atoms. The highest BCUT2D eigenvalue weighted by atomic mass is 16.3. The lowest BCUT2D eigenvalue weighted by Gasteiger charge is -2.13. The molecule has 1 unspecified atom stereocenters. The number of nitrogens with two attached hydrogens (primary N) is 1. The normalized spacial score (nSPS) is 13.3. The quantitative estimate of drug-likeness (QED) is 0.813. The van der Waals surface area contributed by atoms with E-state index in [9.17, 15) is 5.11 Å². The van der Waals surface area contributed by atoms with Crippen molar-refractivity contribution in [1.29, 1.82) is 0 Å². The molecule has 1 atom stereocenters. The molecule has 1 aromatic heterocycles. The van der Waals surface area contributed by atoms with E-state index < -0.39 is 0 Å². The molecule has 0 saturated heterocycles. The van der Waals surface area contributed by atoms with E-state index in [2.05, 4.69) is 23.4 Å². The third-order valence-electron chi connectivity index (χ3n) is 3.48. The van der Waals surface area contributed by atoms with Crippen LogP contribution in [0.25, 0.3) is 11.0 Å². The molecule has 0 fully saturated rings. The number of fused-ring (bicyclic) bond motifs is 1. The van der Waals surface area contributed by atoms with Gasteiger partial charge in [0.1, 0.15) is 5.82 Å². The maximum absolute atomic E-state index is 9.75. The van der Waals surface area contributed by atoms with Gasteiger partial charge in [-0.1, -0.05) is 20.8 Å². The fraction of sp³-hybridized carbons (Fsp3) is 0.533. The summed E-state index contributed by atoms with van der Waals surface area (Å²) in [5, 5.41) is 9.75. The monoisotopic (exact) mass is 261 g/mol. The molecule has 0 aliphatic rings. The Bertz CT molecular complexity index is 560. The maximum atomic E-state index is 9.75. The number of nitrogen functional groups attached to an aromatic ring is 1. The number of hydrogen-bond acceptors (Lipinski definition) is 3. The second-order valence-electron chi connectivity index (χ2n) is 5.38. The van der Waals surface area contributed by atoms with E-state index in [0.717, 1.165) is 41.9 Å². The third kappa shape index (κ3) is 2.89. The van der Waals surface area contributed by atoms with Gasteiger partial charge in [-0.3, -0.25) is 0 Å². The van der Waals surface area contributed by atoms with Crippen LogP contribution in [0.5, 0.6) is 0 Å². The summed E-state index contributed by atoms with van der Waals surface area (Å²) in [6.45, 7) is 7.07. The van der Waals surface area contributed by atoms with Crippen molar-refractivity contribution < 1.29 is 5.11 Å². The Balaban J connectivity index is 2.40. The molecule has 3 N–H and O–H groups in total. The van der Waals surface area contributed by atoms with Crippen molar-refractivity contribution in [2.24, 2.45) is 0 Å². The van der Waals surface area contributed by atoms with Crippen LogP contribution in [0, 0.1) is 0 Å². The van der Waals surface area contributed by atoms with E-state index in [-0.39, 0.29) is 6.10 Å². The Morgan fingerprint density at radius 2 is 2.11 bits per heavy atom. The van der Waals surface area contributed by atoms with Crippen molar-refractivity contribution in [3.05, 3.63) is 24.0 Å². The number of aryl methyl sites for hydroxylation is 1. The first-order chi connectivity index (χ1) is 9.02. The molecule has 0 aliphatic carbocycles. The Hall–Kier alpha value is -1.55. The van der Waals surface area contributed by atoms with Crippen LogP contribution in [0.2, 0.25) is 0 Å². The van der Waals surface area contributed by atoms with E-state index in [1.165, 1.54) is 0 Å². The maximum Gasteiger partial charge on any atom is 0.112 e. The fourth-order valence-electron chi connectivity index (χ4n) is 2.32. The second-order valence-corrected chi connectivity index (χ2v) is 5.38. The number of hydrogen-bond donors (Lipinski definition) is 2. The second kappa shape index (κ2) is 5.61. The number of benzene rings is 1. The molecule has 0 spiro atoms. The summed E-state index contributed by atoms with van der Waals surface area (Å²) in [7, 11) is 0. The van der Waals surface area contributed by atoms with Gasteiger partial charge in [0.05, 0.1) is 17.1 Å². The van der Waals surface area contributed by atoms with E-state index in [4.69, 9.17) is 5.73 Å². The van der Waals surface area contributed by atoms with Crippen LogP contribution in [0.3, 0.4) is 0 Å². The van der Waals surface area contributed by atoms with Gasteiger partial charge in [-0.15, -0.1) is 0 Å². The molecule has 19 heavy (non-hydrogen) atoms. The molecule has 4 nitrogen and oxygen atoms in total. The highest BCUT2D eigenvalue weighted by Gasteiger charge is 2.14. The molecular formula is C15H23N3O. The average Bonchev–Trinajstić information content (AvgIpc) is 2.73. The highest BCUT2D eigenvalue weighted by molar-refractivity contribution is 5.79. The zero-order valence-corrected chi connectivity index (χ0v) is 11.9. The van der Waals surface area contributed by atoms with Gasteiger partial charge in [-0.05, 0) is 31.0 Å². The van der Waals surface area contributed by atoms with Crippen LogP contribution < -0.4 is 5.73 Å². The first kappa shape index (κ1) is 13.9. The summed E-state index contributed by atoms with van der Waals surface area (Å²) in [5.74, 6) is 1.41. The number of imidazole rings is 1. The van der Waals surface area contributed by atoms with Gasteiger partial charge in [0.2, 0.25) is 0 Å². The minimum atomic E-state index is -0.244. The predicted octanol–water partition coefficient (Wildman–Crippen LogP) is 2.90. The Labute approximate surface area is 114 Å². The topological polar surface area (TPSA) is 64.1 Å². The molecule has 1 aromatic carbocycles. The first-order valence-corrected chi connectivity index (χ1v) is 6.96. The summed E-state index contributed by atoms with van der Waals surface area (Å²) in [6.07, 6.45) is 1.30. The summed E-state index contributed by atoms with van der Waals surface area (Å²) >= 11 is 0. The van der Waals surface area contributed by atoms with Crippen molar-refractivity contribution in [3.63, 3.8) is 0 Å². The number of aromatic nitrogens is 2. The molecule has 2 rings (SSSR count). The van der Waals surface area contributed by atoms with Crippen molar-refractivity contribution in [3.8, 4) is 0 Å². The third-order valence-corrected chi connectivity index (χ3v) is 3.48. The van der Waals surface area contributed by atoms with Crippen molar-refractivity contribution in [2.75, 3.05) is 5.73 Å². The molecule has 0 aliphatic heterocycles. The van der Waals surface area contributed by atoms with Gasteiger partial charge in [-0.25, -0.2) is 4.98 Å². The number of aliphatic hydroxyl groups excluding tert-OH is 1. The van der Waals surface area contributed by atoms with Crippen LogP contribution in [-0.4, -0.2) is 20.8 Å². The average molecular weight is 261 g/mol. The van der Waals surface area contributed by atoms with Crippen molar-refractivity contribution >= 4 is 16.7 Å². The van der Waals surface area contributed by atoms with Gasteiger partial charge in [0.25, 0.3) is 0 Å². The lowest BCUT2D eigenvalue weighted by Crippen LogP contribution is -2.12. The van der Waals surface area contributed by atoms with Crippen LogP contribution in [0.4, 0.5) is 5.69 Å². The zero-order chi connectivity index (χ0) is 14.0. The van der Waals surface area contributed by atoms with E-state index in [0.29, 0.717) is 5.92 Å². The number of anilines is 1. The van der Waals surface area contributed by atoms with Gasteiger partial charge >= 0.3 is 0 Å². The molecule has 104 valence electrons. The lowest BCUT2D eigenvalue weighted by molar-refractivity contribution is 0.154. The van der Waals surface area contributed by atoms with Crippen molar-refractivity contribution in [1.82, 2.24) is 9.55 Å². The van der Waals surface area contributed by atoms with E-state index >= 15 is 0 Å². The van der Waals surface area contributed by atoms with Crippen molar-refractivity contribution in [2.45, 2.75) is 52.2 Å². The lowest BCUT2D eigenvalue weighted by atomic mass is 10.2. The molecule has 1 heterocycles. The Morgan fingerprint density at radius 1 is 1.37 bits per heavy atom. The smallest absolute Gasteiger partial charge is 0.112 e. The van der Waals surface area contributed by atoms with Gasteiger partial charge < -0.3 is 15.4 Å². The first-order valence-electron chi connectivity index (χ1n) is 6.96. The SMILES string of the molecule is CCC(O)CCn1c(C(C)C)nc2cc(N)ccc21. The van der Waals surface area contributed by atoms with Crippen LogP contribution in [-0.2, 0) is 6.54 Å². The molecular weight excluding hydrogens is 238 g/mol. The van der Waals surface area contributed by atoms with Crippen LogP contribution in [0.15, 0.2) is 18.2 Å². The number of aliphatic hydroxyl groups is 1. The molecule has 0 radical (unpaired) electrons. The van der Waals surface area contributed by atoms with Gasteiger partial charge in [-0.2, -0.15) is 0 Å². The summed E-state index contributed by atoms with van der Waals surface area (Å²) in [5.41, 5.74) is 8.59. The standard InChI is InChI=1S/C15H23N3O/c1-4-12(19)7-8-18-14-6-5-11(16)9-13(14)17-15(18)10(2)3/h5-6,9-10,12,19H,4,7-8,16H2,1-3H3. The zero-order valence-electron chi connectivity index (χ0n) is 11.9. The molecule has 0 amide bonds. The molecule has 2 aromatic rings. The minimum Gasteiger partial charge on any atom is -0.399 e. The minimum absolute atomic E-state index is 0.244. The number of rotatable bonds is 5. The summed E-state index contributed by atoms with van der Waals surface area (Å²) in [4.78, 5) is 4.68. The molecule has 4 heteroatoms. The number of nitrogens with zero attached hydrogens (tertiary/aromatic N) is 2. The van der Waals surface area contributed by atoms with E-state index in [1.54, 1.807) is 0 Å². The Kier molecular flexibility index (Phi) is 4.10. The van der Waals surface area contributed by atoms with Crippen LogP contribution >= 0.6 is 0 Å². The fourth-order valence-corrected chi connectivity index (χ4v) is 2.32. The van der Waals surface area contributed by atoms with Gasteiger partial charge in [0.15, 0.2) is 0 Å². The summed E-state index contributed by atoms with van der Waals surface area (Å²) < 4.78 is 2.21.